The van der Waals surface area contributed by atoms with Gasteiger partial charge < -0.3 is 27.9 Å². The predicted octanol–water partition coefficient (Wildman–Crippen LogP) is 6.57. The SMILES string of the molecule is CCCCCCCCC/C=C\CCCCCCCCOCC(COP(=O)([O-])OCC[N+](C)(C)C)OC(C)=O. The molecule has 8 nitrogen and oxygen atoms in total. The zero-order valence-corrected chi connectivity index (χ0v) is 26.0. The van der Waals surface area contributed by atoms with E-state index in [1.807, 2.05) is 21.1 Å². The highest BCUT2D eigenvalue weighted by Gasteiger charge is 2.19. The number of allylic oxidation sites excluding steroid dienone is 2. The molecule has 0 radical (unpaired) electrons. The van der Waals surface area contributed by atoms with Crippen LogP contribution < -0.4 is 4.89 Å². The summed E-state index contributed by atoms with van der Waals surface area (Å²) in [6, 6.07) is 0. The van der Waals surface area contributed by atoms with E-state index in [9.17, 15) is 14.3 Å². The standard InChI is InChI=1S/C29H58NO7P/c1-6-7-8-9-10-11-12-13-14-15-16-17-18-19-20-21-22-24-34-26-29(37-28(2)31)27-36-38(32,33)35-25-23-30(3,4)5/h14-15,29H,6-13,16-27H2,1-5H3/b15-14-. The molecule has 226 valence electrons. The lowest BCUT2D eigenvalue weighted by molar-refractivity contribution is -0.870. The van der Waals surface area contributed by atoms with Crippen molar-refractivity contribution < 1.29 is 37.3 Å². The smallest absolute Gasteiger partial charge is 0.303 e. The first-order valence-corrected chi connectivity index (χ1v) is 16.3. The van der Waals surface area contributed by atoms with Gasteiger partial charge in [-0.05, 0) is 32.1 Å². The number of carbonyl (C=O) groups excluding carboxylic acids is 1. The Kier molecular flexibility index (Phi) is 23.6. The molecule has 38 heavy (non-hydrogen) atoms. The van der Waals surface area contributed by atoms with Crippen LogP contribution in [0.3, 0.4) is 0 Å². The first-order valence-electron chi connectivity index (χ1n) is 14.9. The van der Waals surface area contributed by atoms with E-state index in [1.54, 1.807) is 0 Å². The molecular formula is C29H58NO7P. The van der Waals surface area contributed by atoms with E-state index >= 15 is 0 Å². The minimum Gasteiger partial charge on any atom is -0.756 e. The predicted molar refractivity (Wildman–Crippen MR) is 153 cm³/mol. The van der Waals surface area contributed by atoms with Crippen molar-refractivity contribution in [3.63, 3.8) is 0 Å². The molecule has 0 heterocycles. The van der Waals surface area contributed by atoms with E-state index in [-0.39, 0.29) is 19.8 Å². The number of esters is 1. The summed E-state index contributed by atoms with van der Waals surface area (Å²) in [5.74, 6) is -0.512. The maximum Gasteiger partial charge on any atom is 0.303 e. The summed E-state index contributed by atoms with van der Waals surface area (Å²) in [5, 5.41) is 0. The van der Waals surface area contributed by atoms with Crippen LogP contribution in [0.25, 0.3) is 0 Å². The van der Waals surface area contributed by atoms with Crippen LogP contribution in [-0.2, 0) is 27.9 Å². The molecule has 0 aromatic carbocycles. The fourth-order valence-electron chi connectivity index (χ4n) is 3.83. The fourth-order valence-corrected chi connectivity index (χ4v) is 4.56. The van der Waals surface area contributed by atoms with Gasteiger partial charge in [-0.25, -0.2) is 0 Å². The lowest BCUT2D eigenvalue weighted by Crippen LogP contribution is -2.37. The molecule has 9 heteroatoms. The van der Waals surface area contributed by atoms with Gasteiger partial charge in [-0.1, -0.05) is 83.3 Å². The van der Waals surface area contributed by atoms with Gasteiger partial charge in [0.1, 0.15) is 19.3 Å². The highest BCUT2D eigenvalue weighted by Crippen LogP contribution is 2.38. The molecule has 0 amide bonds. The molecule has 0 bridgehead atoms. The lowest BCUT2D eigenvalue weighted by Gasteiger charge is -2.28. The monoisotopic (exact) mass is 563 g/mol. The molecule has 0 aliphatic carbocycles. The lowest BCUT2D eigenvalue weighted by atomic mass is 10.1. The number of carbonyl (C=O) groups is 1. The van der Waals surface area contributed by atoms with Crippen molar-refractivity contribution in [2.24, 2.45) is 0 Å². The second kappa shape index (κ2) is 24.1. The number of quaternary nitrogens is 1. The molecule has 2 unspecified atom stereocenters. The van der Waals surface area contributed by atoms with Crippen LogP contribution in [0, 0.1) is 0 Å². The third kappa shape index (κ3) is 28.3. The maximum absolute atomic E-state index is 11.9. The number of likely N-dealkylation sites (N-methyl/N-ethyl adjacent to an activating group) is 1. The normalized spacial score (nSPS) is 14.6. The molecule has 0 saturated carbocycles. The van der Waals surface area contributed by atoms with Crippen LogP contribution in [0.5, 0.6) is 0 Å². The zero-order valence-electron chi connectivity index (χ0n) is 25.1. The van der Waals surface area contributed by atoms with Crippen LogP contribution in [0.15, 0.2) is 12.2 Å². The van der Waals surface area contributed by atoms with Gasteiger partial charge in [-0.3, -0.25) is 9.36 Å². The van der Waals surface area contributed by atoms with Crippen LogP contribution in [-0.4, -0.2) is 70.7 Å². The van der Waals surface area contributed by atoms with E-state index in [1.165, 1.54) is 90.4 Å². The molecule has 2 atom stereocenters. The Morgan fingerprint density at radius 3 is 1.84 bits per heavy atom. The summed E-state index contributed by atoms with van der Waals surface area (Å²) < 4.78 is 33.0. The Morgan fingerprint density at radius 1 is 0.789 bits per heavy atom. The van der Waals surface area contributed by atoms with Gasteiger partial charge in [0.05, 0.1) is 34.4 Å². The van der Waals surface area contributed by atoms with E-state index in [4.69, 9.17) is 18.5 Å². The van der Waals surface area contributed by atoms with E-state index < -0.39 is 19.9 Å². The number of hydrogen-bond donors (Lipinski definition) is 0. The van der Waals surface area contributed by atoms with Gasteiger partial charge >= 0.3 is 5.97 Å². The second-order valence-electron chi connectivity index (χ2n) is 11.2. The van der Waals surface area contributed by atoms with E-state index in [0.717, 1.165) is 12.8 Å². The third-order valence-corrected chi connectivity index (χ3v) is 7.08. The summed E-state index contributed by atoms with van der Waals surface area (Å²) in [4.78, 5) is 23.3. The first kappa shape index (κ1) is 37.2. The average Bonchev–Trinajstić information content (AvgIpc) is 2.82. The molecule has 0 spiro atoms. The molecule has 0 rings (SSSR count). The minimum atomic E-state index is -4.47. The van der Waals surface area contributed by atoms with Crippen molar-refractivity contribution in [3.8, 4) is 0 Å². The second-order valence-corrected chi connectivity index (χ2v) is 12.6. The number of unbranched alkanes of at least 4 members (excludes halogenated alkanes) is 13. The average molecular weight is 564 g/mol. The minimum absolute atomic E-state index is 0.0228. The third-order valence-electron chi connectivity index (χ3n) is 6.12. The molecule has 0 fully saturated rings. The number of phosphoric ester groups is 1. The van der Waals surface area contributed by atoms with Crippen LogP contribution in [0.4, 0.5) is 0 Å². The molecular weight excluding hydrogens is 505 g/mol. The van der Waals surface area contributed by atoms with Gasteiger partial charge in [0.15, 0.2) is 0 Å². The maximum atomic E-state index is 11.9. The fraction of sp³-hybridized carbons (Fsp3) is 0.897. The topological polar surface area (TPSA) is 94.1 Å². The summed E-state index contributed by atoms with van der Waals surface area (Å²) in [5.41, 5.74) is 0. The number of hydrogen-bond acceptors (Lipinski definition) is 7. The zero-order chi connectivity index (χ0) is 28.5. The molecule has 0 aromatic heterocycles. The van der Waals surface area contributed by atoms with E-state index in [0.29, 0.717) is 17.6 Å². The van der Waals surface area contributed by atoms with Crippen LogP contribution >= 0.6 is 7.82 Å². The van der Waals surface area contributed by atoms with Crippen molar-refractivity contribution in [1.82, 2.24) is 0 Å². The summed E-state index contributed by atoms with van der Waals surface area (Å²) in [7, 11) is 1.34. The van der Waals surface area contributed by atoms with Gasteiger partial charge in [0, 0.05) is 13.5 Å². The molecule has 0 aromatic rings. The Hall–Kier alpha value is -0.760. The Bertz CT molecular complexity index is 637. The molecule has 0 N–H and O–H groups in total. The van der Waals surface area contributed by atoms with Crippen molar-refractivity contribution >= 4 is 13.8 Å². The van der Waals surface area contributed by atoms with Gasteiger partial charge in [0.25, 0.3) is 7.82 Å². The van der Waals surface area contributed by atoms with Crippen LogP contribution in [0.1, 0.15) is 110 Å². The Labute approximate surface area is 233 Å². The van der Waals surface area contributed by atoms with Crippen molar-refractivity contribution in [2.75, 3.05) is 54.1 Å². The van der Waals surface area contributed by atoms with Crippen molar-refractivity contribution in [3.05, 3.63) is 12.2 Å². The number of rotatable bonds is 27. The van der Waals surface area contributed by atoms with E-state index in [2.05, 4.69) is 19.1 Å². The van der Waals surface area contributed by atoms with Crippen LogP contribution in [0.2, 0.25) is 0 Å². The van der Waals surface area contributed by atoms with Crippen molar-refractivity contribution in [1.29, 1.82) is 0 Å². The van der Waals surface area contributed by atoms with Gasteiger partial charge in [-0.15, -0.1) is 0 Å². The number of ether oxygens (including phenoxy) is 2. The Morgan fingerprint density at radius 2 is 1.32 bits per heavy atom. The van der Waals surface area contributed by atoms with Gasteiger partial charge in [-0.2, -0.15) is 0 Å². The van der Waals surface area contributed by atoms with Gasteiger partial charge in [0.2, 0.25) is 0 Å². The first-order chi connectivity index (χ1) is 18.1. The summed E-state index contributed by atoms with van der Waals surface area (Å²) in [6.45, 7) is 4.37. The van der Waals surface area contributed by atoms with Crippen molar-refractivity contribution in [2.45, 2.75) is 116 Å². The molecule has 0 aliphatic heterocycles. The number of nitrogens with zero attached hydrogens (tertiary/aromatic N) is 1. The number of phosphoric acid groups is 1. The highest BCUT2D eigenvalue weighted by molar-refractivity contribution is 7.45. The highest BCUT2D eigenvalue weighted by atomic mass is 31.2. The molecule has 0 aliphatic rings. The summed E-state index contributed by atoms with van der Waals surface area (Å²) >= 11 is 0. The quantitative estimate of drug-likeness (QED) is 0.0367. The summed E-state index contributed by atoms with van der Waals surface area (Å²) in [6.07, 6.45) is 22.8. The molecule has 0 saturated heterocycles. The Balaban J connectivity index is 3.75. The largest absolute Gasteiger partial charge is 0.756 e.